The summed E-state index contributed by atoms with van der Waals surface area (Å²) in [4.78, 5) is 4.43. The van der Waals surface area contributed by atoms with Gasteiger partial charge in [-0.25, -0.2) is 13.8 Å². The van der Waals surface area contributed by atoms with Crippen LogP contribution in [0.4, 0.5) is 8.78 Å². The zero-order valence-corrected chi connectivity index (χ0v) is 13.8. The number of benzene rings is 2. The average molecular weight is 333 g/mol. The van der Waals surface area contributed by atoms with Gasteiger partial charge in [-0.05, 0) is 42.3 Å². The third kappa shape index (κ3) is 5.22. The van der Waals surface area contributed by atoms with Crippen LogP contribution in [-0.4, -0.2) is 19.6 Å². The van der Waals surface area contributed by atoms with E-state index in [2.05, 4.69) is 15.6 Å². The van der Waals surface area contributed by atoms with Crippen LogP contribution in [0.1, 0.15) is 18.1 Å². The van der Waals surface area contributed by atoms with E-state index in [0.29, 0.717) is 25.6 Å². The molecule has 0 aliphatic carbocycles. The van der Waals surface area contributed by atoms with Crippen LogP contribution in [0.3, 0.4) is 0 Å². The largest absolute Gasteiger partial charge is 0.494 e. The fraction of sp³-hybridized carbons (Fsp3) is 0.278. The molecule has 0 unspecified atom stereocenters. The van der Waals surface area contributed by atoms with Crippen molar-refractivity contribution in [3.63, 3.8) is 0 Å². The number of ether oxygens (including phenoxy) is 1. The molecule has 0 saturated heterocycles. The van der Waals surface area contributed by atoms with E-state index in [0.717, 1.165) is 11.1 Å². The molecular formula is C18H21F2N3O. The molecule has 128 valence electrons. The van der Waals surface area contributed by atoms with Crippen LogP contribution in [0.5, 0.6) is 5.75 Å². The Bertz CT molecular complexity index is 687. The first-order valence-corrected chi connectivity index (χ1v) is 7.71. The molecule has 0 fully saturated rings. The van der Waals surface area contributed by atoms with Crippen LogP contribution in [0.15, 0.2) is 47.5 Å². The van der Waals surface area contributed by atoms with Crippen molar-refractivity contribution >= 4 is 5.96 Å². The maximum absolute atomic E-state index is 13.7. The van der Waals surface area contributed by atoms with Gasteiger partial charge in [0.2, 0.25) is 0 Å². The number of rotatable bonds is 6. The third-order valence-electron chi connectivity index (χ3n) is 3.35. The summed E-state index contributed by atoms with van der Waals surface area (Å²) in [6.45, 7) is 3.51. The number of aliphatic imine (C=N–C) groups is 1. The fourth-order valence-electron chi connectivity index (χ4n) is 2.11. The highest BCUT2D eigenvalue weighted by molar-refractivity contribution is 5.79. The molecule has 2 aromatic rings. The lowest BCUT2D eigenvalue weighted by Gasteiger charge is -2.11. The molecule has 4 nitrogen and oxygen atoms in total. The lowest BCUT2D eigenvalue weighted by Crippen LogP contribution is -2.36. The topological polar surface area (TPSA) is 45.7 Å². The van der Waals surface area contributed by atoms with Crippen molar-refractivity contribution in [2.75, 3.05) is 13.7 Å². The van der Waals surface area contributed by atoms with E-state index in [1.807, 2.05) is 6.92 Å². The molecular weight excluding hydrogens is 312 g/mol. The normalized spacial score (nSPS) is 11.2. The Morgan fingerprint density at radius 1 is 1.04 bits per heavy atom. The van der Waals surface area contributed by atoms with E-state index in [1.165, 1.54) is 25.3 Å². The van der Waals surface area contributed by atoms with Crippen LogP contribution in [-0.2, 0) is 13.1 Å². The van der Waals surface area contributed by atoms with Crippen LogP contribution in [0, 0.1) is 11.6 Å². The summed E-state index contributed by atoms with van der Waals surface area (Å²) in [5.74, 6) is 0.150. The molecule has 0 heterocycles. The zero-order chi connectivity index (χ0) is 17.4. The summed E-state index contributed by atoms with van der Waals surface area (Å²) in [5.41, 5.74) is 1.68. The van der Waals surface area contributed by atoms with Gasteiger partial charge in [-0.3, -0.25) is 0 Å². The molecule has 0 amide bonds. The van der Waals surface area contributed by atoms with Gasteiger partial charge in [0.25, 0.3) is 0 Å². The molecule has 2 aromatic carbocycles. The van der Waals surface area contributed by atoms with Gasteiger partial charge in [-0.1, -0.05) is 18.2 Å². The smallest absolute Gasteiger partial charge is 0.191 e. The van der Waals surface area contributed by atoms with Crippen molar-refractivity contribution in [2.24, 2.45) is 4.99 Å². The van der Waals surface area contributed by atoms with Gasteiger partial charge >= 0.3 is 0 Å². The number of methoxy groups -OCH3 is 1. The van der Waals surface area contributed by atoms with Crippen molar-refractivity contribution in [3.8, 4) is 5.75 Å². The second-order valence-corrected chi connectivity index (χ2v) is 5.14. The molecule has 0 saturated carbocycles. The van der Waals surface area contributed by atoms with E-state index in [1.54, 1.807) is 24.3 Å². The third-order valence-corrected chi connectivity index (χ3v) is 3.35. The quantitative estimate of drug-likeness (QED) is 0.630. The Hall–Kier alpha value is -2.63. The average Bonchev–Trinajstić information content (AvgIpc) is 2.59. The maximum atomic E-state index is 13.7. The second kappa shape index (κ2) is 8.86. The number of halogens is 2. The minimum atomic E-state index is -0.408. The number of hydrogen-bond donors (Lipinski definition) is 2. The molecule has 0 aliphatic rings. The molecule has 0 bridgehead atoms. The fourth-order valence-corrected chi connectivity index (χ4v) is 2.11. The van der Waals surface area contributed by atoms with Gasteiger partial charge in [0.1, 0.15) is 5.82 Å². The molecule has 0 spiro atoms. The summed E-state index contributed by atoms with van der Waals surface area (Å²) in [6, 6.07) is 11.0. The van der Waals surface area contributed by atoms with E-state index in [-0.39, 0.29) is 11.6 Å². The van der Waals surface area contributed by atoms with Crippen molar-refractivity contribution < 1.29 is 13.5 Å². The van der Waals surface area contributed by atoms with Gasteiger partial charge in [0.05, 0.1) is 13.7 Å². The minimum Gasteiger partial charge on any atom is -0.494 e. The second-order valence-electron chi connectivity index (χ2n) is 5.14. The van der Waals surface area contributed by atoms with Gasteiger partial charge in [-0.2, -0.15) is 0 Å². The molecule has 6 heteroatoms. The molecule has 24 heavy (non-hydrogen) atoms. The number of nitrogens with zero attached hydrogens (tertiary/aromatic N) is 1. The predicted molar refractivity (Wildman–Crippen MR) is 91.0 cm³/mol. The van der Waals surface area contributed by atoms with E-state index in [4.69, 9.17) is 4.74 Å². The number of guanidine groups is 1. The predicted octanol–water partition coefficient (Wildman–Crippen LogP) is 3.23. The molecule has 2 N–H and O–H groups in total. The van der Waals surface area contributed by atoms with Crippen molar-refractivity contribution in [1.82, 2.24) is 10.6 Å². The van der Waals surface area contributed by atoms with Crippen molar-refractivity contribution in [3.05, 3.63) is 65.2 Å². The molecule has 0 radical (unpaired) electrons. The summed E-state index contributed by atoms with van der Waals surface area (Å²) in [5, 5.41) is 6.28. The lowest BCUT2D eigenvalue weighted by molar-refractivity contribution is 0.386. The highest BCUT2D eigenvalue weighted by Crippen LogP contribution is 2.18. The highest BCUT2D eigenvalue weighted by Gasteiger charge is 2.04. The van der Waals surface area contributed by atoms with E-state index < -0.39 is 5.82 Å². The highest BCUT2D eigenvalue weighted by atomic mass is 19.1. The molecule has 0 atom stereocenters. The first kappa shape index (κ1) is 17.7. The summed E-state index contributed by atoms with van der Waals surface area (Å²) in [7, 11) is 1.43. The lowest BCUT2D eigenvalue weighted by atomic mass is 10.2. The molecule has 2 rings (SSSR count). The summed E-state index contributed by atoms with van der Waals surface area (Å²) >= 11 is 0. The van der Waals surface area contributed by atoms with Gasteiger partial charge < -0.3 is 15.4 Å². The maximum Gasteiger partial charge on any atom is 0.191 e. The van der Waals surface area contributed by atoms with Crippen molar-refractivity contribution in [2.45, 2.75) is 20.0 Å². The van der Waals surface area contributed by atoms with Crippen molar-refractivity contribution in [1.29, 1.82) is 0 Å². The van der Waals surface area contributed by atoms with Crippen LogP contribution in [0.2, 0.25) is 0 Å². The monoisotopic (exact) mass is 333 g/mol. The first-order valence-electron chi connectivity index (χ1n) is 7.71. The Balaban J connectivity index is 1.99. The summed E-state index contributed by atoms with van der Waals surface area (Å²) in [6.07, 6.45) is 0. The number of hydrogen-bond acceptors (Lipinski definition) is 2. The van der Waals surface area contributed by atoms with Gasteiger partial charge in [-0.15, -0.1) is 0 Å². The Kier molecular flexibility index (Phi) is 6.54. The van der Waals surface area contributed by atoms with Crippen LogP contribution < -0.4 is 15.4 Å². The Morgan fingerprint density at radius 2 is 1.75 bits per heavy atom. The van der Waals surface area contributed by atoms with E-state index >= 15 is 0 Å². The van der Waals surface area contributed by atoms with Gasteiger partial charge in [0.15, 0.2) is 17.5 Å². The summed E-state index contributed by atoms with van der Waals surface area (Å²) < 4.78 is 31.5. The van der Waals surface area contributed by atoms with E-state index in [9.17, 15) is 8.78 Å². The van der Waals surface area contributed by atoms with Crippen LogP contribution >= 0.6 is 0 Å². The van der Waals surface area contributed by atoms with Gasteiger partial charge in [0, 0.05) is 13.1 Å². The SMILES string of the molecule is CCNC(=NCc1ccc(OC)c(F)c1)NCc1ccc(F)cc1. The first-order chi connectivity index (χ1) is 11.6. The number of nitrogens with one attached hydrogen (secondary N) is 2. The zero-order valence-electron chi connectivity index (χ0n) is 13.8. The standard InChI is InChI=1S/C18H21F2N3O/c1-3-21-18(22-11-13-4-7-15(19)8-5-13)23-12-14-6-9-17(24-2)16(20)10-14/h4-10H,3,11-12H2,1-2H3,(H2,21,22,23). The molecule has 0 aromatic heterocycles. The Morgan fingerprint density at radius 3 is 2.38 bits per heavy atom. The Labute approximate surface area is 140 Å². The molecule has 0 aliphatic heterocycles. The van der Waals surface area contributed by atoms with Crippen LogP contribution in [0.25, 0.3) is 0 Å². The minimum absolute atomic E-state index is 0.212.